The lowest BCUT2D eigenvalue weighted by atomic mass is 10.2. The van der Waals surface area contributed by atoms with Crippen LogP contribution in [-0.2, 0) is 16.0 Å². The molecule has 0 saturated heterocycles. The molecular weight excluding hydrogens is 264 g/mol. The number of carboxylic acid groups (broad SMARTS) is 2. The predicted octanol–water partition coefficient (Wildman–Crippen LogP) is 3.05. The van der Waals surface area contributed by atoms with Gasteiger partial charge in [-0.1, -0.05) is 18.6 Å². The van der Waals surface area contributed by atoms with E-state index in [2.05, 4.69) is 0 Å². The number of carboxylic acids is 2. The van der Waals surface area contributed by atoms with Gasteiger partial charge >= 0.3 is 11.9 Å². The molecule has 0 atom stereocenters. The maximum Gasteiger partial charge on any atom is 0.307 e. The molecule has 4 nitrogen and oxygen atoms in total. The van der Waals surface area contributed by atoms with Crippen LogP contribution in [-0.4, -0.2) is 27.9 Å². The first-order chi connectivity index (χ1) is 9.08. The molecule has 0 spiro atoms. The zero-order chi connectivity index (χ0) is 14.1. The lowest BCUT2D eigenvalue weighted by molar-refractivity contribution is -0.137. The minimum Gasteiger partial charge on any atom is -0.481 e. The summed E-state index contributed by atoms with van der Waals surface area (Å²) < 4.78 is 0. The molecule has 0 aliphatic rings. The van der Waals surface area contributed by atoms with Crippen molar-refractivity contribution >= 4 is 23.7 Å². The normalized spacial score (nSPS) is 10.3. The van der Waals surface area contributed by atoms with Crippen molar-refractivity contribution < 1.29 is 19.8 Å². The molecule has 2 N–H and O–H groups in total. The average molecular weight is 282 g/mol. The molecule has 0 heterocycles. The van der Waals surface area contributed by atoms with Crippen LogP contribution in [0, 0.1) is 0 Å². The van der Waals surface area contributed by atoms with Crippen molar-refractivity contribution in [3.8, 4) is 0 Å². The largest absolute Gasteiger partial charge is 0.481 e. The fourth-order valence-electron chi connectivity index (χ4n) is 1.62. The molecule has 0 saturated carbocycles. The average Bonchev–Trinajstić information content (AvgIpc) is 2.34. The first-order valence-electron chi connectivity index (χ1n) is 6.23. The molecule has 0 radical (unpaired) electrons. The summed E-state index contributed by atoms with van der Waals surface area (Å²) >= 11 is 1.71. The Morgan fingerprint density at radius 1 is 0.947 bits per heavy atom. The molecule has 1 rings (SSSR count). The van der Waals surface area contributed by atoms with Gasteiger partial charge < -0.3 is 10.2 Å². The van der Waals surface area contributed by atoms with Gasteiger partial charge in [0.2, 0.25) is 0 Å². The number of unbranched alkanes of at least 4 members (excludes halogenated alkanes) is 2. The van der Waals surface area contributed by atoms with Crippen molar-refractivity contribution in [2.24, 2.45) is 0 Å². The van der Waals surface area contributed by atoms with Gasteiger partial charge in [0.25, 0.3) is 0 Å². The van der Waals surface area contributed by atoms with Gasteiger partial charge in [0, 0.05) is 11.3 Å². The summed E-state index contributed by atoms with van der Waals surface area (Å²) in [6.07, 6.45) is 2.95. The lowest BCUT2D eigenvalue weighted by Gasteiger charge is -2.03. The highest BCUT2D eigenvalue weighted by molar-refractivity contribution is 7.99. The minimum atomic E-state index is -0.821. The van der Waals surface area contributed by atoms with Crippen LogP contribution in [0.1, 0.15) is 31.2 Å². The zero-order valence-corrected chi connectivity index (χ0v) is 11.5. The fourth-order valence-corrected chi connectivity index (χ4v) is 2.54. The highest BCUT2D eigenvalue weighted by Crippen LogP contribution is 2.20. The molecule has 19 heavy (non-hydrogen) atoms. The van der Waals surface area contributed by atoms with Crippen molar-refractivity contribution in [2.45, 2.75) is 37.0 Å². The Bertz CT molecular complexity index is 414. The molecule has 0 fully saturated rings. The number of rotatable bonds is 9. The van der Waals surface area contributed by atoms with Crippen LogP contribution in [0.15, 0.2) is 29.2 Å². The van der Waals surface area contributed by atoms with Crippen molar-refractivity contribution in [1.29, 1.82) is 0 Å². The van der Waals surface area contributed by atoms with Crippen molar-refractivity contribution in [3.05, 3.63) is 29.8 Å². The van der Waals surface area contributed by atoms with Crippen LogP contribution in [0.5, 0.6) is 0 Å². The van der Waals surface area contributed by atoms with Gasteiger partial charge in [-0.15, -0.1) is 11.8 Å². The van der Waals surface area contributed by atoms with Gasteiger partial charge in [-0.25, -0.2) is 0 Å². The van der Waals surface area contributed by atoms with Crippen LogP contribution >= 0.6 is 11.8 Å². The second kappa shape index (κ2) is 8.58. The lowest BCUT2D eigenvalue weighted by Crippen LogP contribution is -1.99. The van der Waals surface area contributed by atoms with Crippen molar-refractivity contribution in [2.75, 3.05) is 5.75 Å². The monoisotopic (exact) mass is 282 g/mol. The Hall–Kier alpha value is -1.49. The van der Waals surface area contributed by atoms with Gasteiger partial charge in [0.1, 0.15) is 0 Å². The first-order valence-corrected chi connectivity index (χ1v) is 7.22. The molecule has 1 aromatic carbocycles. The third-order valence-corrected chi connectivity index (χ3v) is 3.68. The number of aliphatic carboxylic acids is 2. The molecule has 0 aliphatic carbocycles. The molecule has 0 aliphatic heterocycles. The zero-order valence-electron chi connectivity index (χ0n) is 10.7. The molecular formula is C14H18O4S. The second-order valence-electron chi connectivity index (χ2n) is 4.27. The summed E-state index contributed by atoms with van der Waals surface area (Å²) in [5.41, 5.74) is 0.804. The van der Waals surface area contributed by atoms with Gasteiger partial charge in [-0.2, -0.15) is 0 Å². The summed E-state index contributed by atoms with van der Waals surface area (Å²) in [6, 6.07) is 7.53. The quantitative estimate of drug-likeness (QED) is 0.538. The highest BCUT2D eigenvalue weighted by Gasteiger charge is 2.01. The maximum absolute atomic E-state index is 10.5. The van der Waals surface area contributed by atoms with E-state index in [1.807, 2.05) is 24.3 Å². The van der Waals surface area contributed by atoms with E-state index < -0.39 is 11.9 Å². The van der Waals surface area contributed by atoms with Crippen LogP contribution < -0.4 is 0 Å². The van der Waals surface area contributed by atoms with Crippen LogP contribution in [0.2, 0.25) is 0 Å². The van der Waals surface area contributed by atoms with Gasteiger partial charge in [0.05, 0.1) is 6.42 Å². The van der Waals surface area contributed by atoms with Gasteiger partial charge in [-0.05, 0) is 36.3 Å². The topological polar surface area (TPSA) is 74.6 Å². The minimum absolute atomic E-state index is 0.0557. The van der Waals surface area contributed by atoms with Gasteiger partial charge in [-0.3, -0.25) is 9.59 Å². The summed E-state index contributed by atoms with van der Waals surface area (Å²) in [4.78, 5) is 22.0. The Balaban J connectivity index is 2.19. The van der Waals surface area contributed by atoms with Crippen LogP contribution in [0.3, 0.4) is 0 Å². The van der Waals surface area contributed by atoms with Crippen molar-refractivity contribution in [3.63, 3.8) is 0 Å². The molecule has 0 bridgehead atoms. The van der Waals surface area contributed by atoms with E-state index in [1.54, 1.807) is 11.8 Å². The number of carbonyl (C=O) groups is 2. The Morgan fingerprint density at radius 2 is 1.63 bits per heavy atom. The second-order valence-corrected chi connectivity index (χ2v) is 5.44. The summed E-state index contributed by atoms with van der Waals surface area (Å²) in [5.74, 6) is -0.599. The third kappa shape index (κ3) is 7.51. The first kappa shape index (κ1) is 15.6. The van der Waals surface area contributed by atoms with E-state index in [-0.39, 0.29) is 12.8 Å². The molecule has 0 aromatic heterocycles. The third-order valence-electron chi connectivity index (χ3n) is 2.58. The van der Waals surface area contributed by atoms with E-state index in [0.717, 1.165) is 35.5 Å². The summed E-state index contributed by atoms with van der Waals surface area (Å²) in [6.45, 7) is 0. The van der Waals surface area contributed by atoms with E-state index in [0.29, 0.717) is 0 Å². The van der Waals surface area contributed by atoms with E-state index in [9.17, 15) is 9.59 Å². The SMILES string of the molecule is O=C(O)CCCCCSc1ccc(CC(=O)O)cc1. The molecule has 0 amide bonds. The maximum atomic E-state index is 10.5. The standard InChI is InChI=1S/C14H18O4S/c15-13(16)4-2-1-3-9-19-12-7-5-11(6-8-12)10-14(17)18/h5-8H,1-4,9-10H2,(H,15,16)(H,17,18). The summed E-state index contributed by atoms with van der Waals surface area (Å²) in [7, 11) is 0. The molecule has 104 valence electrons. The fraction of sp³-hybridized carbons (Fsp3) is 0.429. The van der Waals surface area contributed by atoms with E-state index >= 15 is 0 Å². The number of thioether (sulfide) groups is 1. The van der Waals surface area contributed by atoms with Crippen LogP contribution in [0.25, 0.3) is 0 Å². The molecule has 5 heteroatoms. The Kier molecular flexibility index (Phi) is 7.03. The van der Waals surface area contributed by atoms with Crippen molar-refractivity contribution in [1.82, 2.24) is 0 Å². The van der Waals surface area contributed by atoms with E-state index in [4.69, 9.17) is 10.2 Å². The Labute approximate surface area is 116 Å². The number of hydrogen-bond acceptors (Lipinski definition) is 3. The number of hydrogen-bond donors (Lipinski definition) is 2. The summed E-state index contributed by atoms with van der Waals surface area (Å²) in [5, 5.41) is 17.1. The van der Waals surface area contributed by atoms with E-state index in [1.165, 1.54) is 0 Å². The highest BCUT2D eigenvalue weighted by atomic mass is 32.2. The van der Waals surface area contributed by atoms with Gasteiger partial charge in [0.15, 0.2) is 0 Å². The number of benzene rings is 1. The molecule has 1 aromatic rings. The predicted molar refractivity (Wildman–Crippen MR) is 74.6 cm³/mol. The molecule has 0 unspecified atom stereocenters. The van der Waals surface area contributed by atoms with Crippen LogP contribution in [0.4, 0.5) is 0 Å². The smallest absolute Gasteiger partial charge is 0.307 e. The Morgan fingerprint density at radius 3 is 2.21 bits per heavy atom.